The van der Waals surface area contributed by atoms with Crippen LogP contribution in [0.15, 0.2) is 85.2 Å². The van der Waals surface area contributed by atoms with E-state index in [-0.39, 0.29) is 12.0 Å². The number of rotatable bonds is 7. The molecule has 6 nitrogen and oxygen atoms in total. The summed E-state index contributed by atoms with van der Waals surface area (Å²) in [5.74, 6) is 1.18. The molecule has 1 atom stereocenters. The molecule has 2 N–H and O–H groups in total. The summed E-state index contributed by atoms with van der Waals surface area (Å²) in [6.07, 6.45) is 5.66. The zero-order valence-corrected chi connectivity index (χ0v) is 21.4. The normalized spacial score (nSPS) is 15.9. The largest absolute Gasteiger partial charge is 0.457 e. The molecule has 3 aromatic carbocycles. The number of amides is 1. The summed E-state index contributed by atoms with van der Waals surface area (Å²) in [5.41, 5.74) is 5.45. The standard InChI is InChI=1S/C31H33N3O3/c1-22-12-14-34(19-22)27-16-24(20-33-13-6-7-28(35)21-33)15-26(18-27)32-31(36)25-11-10-23(2)30(17-25)37-29-8-4-3-5-9-29/h3-5,8-12,14-19,28,35H,6-7,13,20-21H2,1-2H3,(H,32,36)/t28-/m0/s1. The number of aromatic nitrogens is 1. The number of hydrogen-bond donors (Lipinski definition) is 2. The van der Waals surface area contributed by atoms with E-state index in [4.69, 9.17) is 4.74 Å². The highest BCUT2D eigenvalue weighted by Gasteiger charge is 2.19. The Balaban J connectivity index is 1.40. The lowest BCUT2D eigenvalue weighted by Crippen LogP contribution is -2.37. The van der Waals surface area contributed by atoms with Gasteiger partial charge >= 0.3 is 0 Å². The van der Waals surface area contributed by atoms with Crippen LogP contribution in [-0.2, 0) is 6.54 Å². The van der Waals surface area contributed by atoms with Gasteiger partial charge in [-0.2, -0.15) is 0 Å². The Labute approximate surface area is 218 Å². The maximum Gasteiger partial charge on any atom is 0.255 e. The highest BCUT2D eigenvalue weighted by Crippen LogP contribution is 2.27. The van der Waals surface area contributed by atoms with Crippen LogP contribution in [0.1, 0.15) is 39.9 Å². The van der Waals surface area contributed by atoms with Crippen molar-refractivity contribution < 1.29 is 14.6 Å². The molecule has 190 valence electrons. The van der Waals surface area contributed by atoms with Crippen molar-refractivity contribution in [1.29, 1.82) is 0 Å². The summed E-state index contributed by atoms with van der Waals surface area (Å²) in [5, 5.41) is 13.2. The van der Waals surface area contributed by atoms with Gasteiger partial charge in [0, 0.05) is 42.4 Å². The fourth-order valence-corrected chi connectivity index (χ4v) is 4.75. The van der Waals surface area contributed by atoms with E-state index in [1.54, 1.807) is 6.07 Å². The lowest BCUT2D eigenvalue weighted by Gasteiger charge is -2.30. The minimum Gasteiger partial charge on any atom is -0.457 e. The quantitative estimate of drug-likeness (QED) is 0.325. The molecular formula is C31H33N3O3. The van der Waals surface area contributed by atoms with Crippen molar-refractivity contribution in [2.75, 3.05) is 18.4 Å². The van der Waals surface area contributed by atoms with E-state index in [1.807, 2.05) is 67.7 Å². The van der Waals surface area contributed by atoms with Crippen molar-refractivity contribution in [2.45, 2.75) is 39.3 Å². The average Bonchev–Trinajstić information content (AvgIpc) is 3.32. The smallest absolute Gasteiger partial charge is 0.255 e. The number of nitrogens with one attached hydrogen (secondary N) is 1. The van der Waals surface area contributed by atoms with Gasteiger partial charge in [0.2, 0.25) is 0 Å². The van der Waals surface area contributed by atoms with E-state index in [9.17, 15) is 9.90 Å². The third-order valence-corrected chi connectivity index (χ3v) is 6.68. The van der Waals surface area contributed by atoms with Gasteiger partial charge in [-0.25, -0.2) is 0 Å². The van der Waals surface area contributed by atoms with Crippen LogP contribution in [-0.4, -0.2) is 39.7 Å². The van der Waals surface area contributed by atoms with Crippen molar-refractivity contribution in [3.8, 4) is 17.2 Å². The van der Waals surface area contributed by atoms with Crippen LogP contribution in [0.5, 0.6) is 11.5 Å². The molecule has 1 saturated heterocycles. The van der Waals surface area contributed by atoms with Crippen molar-refractivity contribution in [3.63, 3.8) is 0 Å². The Morgan fingerprint density at radius 3 is 2.65 bits per heavy atom. The number of ether oxygens (including phenoxy) is 1. The molecule has 0 spiro atoms. The predicted octanol–water partition coefficient (Wildman–Crippen LogP) is 6.10. The minimum absolute atomic E-state index is 0.196. The molecular weight excluding hydrogens is 462 g/mol. The molecule has 1 fully saturated rings. The van der Waals surface area contributed by atoms with Gasteiger partial charge in [0.1, 0.15) is 11.5 Å². The van der Waals surface area contributed by atoms with Gasteiger partial charge in [-0.3, -0.25) is 9.69 Å². The molecule has 0 unspecified atom stereocenters. The zero-order chi connectivity index (χ0) is 25.8. The Bertz CT molecular complexity index is 1380. The van der Waals surface area contributed by atoms with Gasteiger partial charge in [0.25, 0.3) is 5.91 Å². The number of aliphatic hydroxyl groups is 1. The van der Waals surface area contributed by atoms with Crippen molar-refractivity contribution in [3.05, 3.63) is 107 Å². The van der Waals surface area contributed by atoms with E-state index < -0.39 is 0 Å². The second-order valence-electron chi connectivity index (χ2n) is 9.86. The van der Waals surface area contributed by atoms with Gasteiger partial charge in [-0.15, -0.1) is 0 Å². The van der Waals surface area contributed by atoms with Gasteiger partial charge in [-0.05, 0) is 98.5 Å². The topological polar surface area (TPSA) is 66.7 Å². The second kappa shape index (κ2) is 11.0. The Morgan fingerprint density at radius 1 is 1.05 bits per heavy atom. The summed E-state index contributed by atoms with van der Waals surface area (Å²) in [6, 6.07) is 23.3. The van der Waals surface area contributed by atoms with Crippen LogP contribution < -0.4 is 10.1 Å². The van der Waals surface area contributed by atoms with E-state index in [2.05, 4.69) is 40.0 Å². The number of carbonyl (C=O) groups excluding carboxylic acids is 1. The molecule has 1 aromatic heterocycles. The molecule has 1 aliphatic rings. The molecule has 4 aromatic rings. The molecule has 0 radical (unpaired) electrons. The number of anilines is 1. The number of nitrogens with zero attached hydrogens (tertiary/aromatic N) is 2. The molecule has 37 heavy (non-hydrogen) atoms. The lowest BCUT2D eigenvalue weighted by atomic mass is 10.1. The Morgan fingerprint density at radius 2 is 1.89 bits per heavy atom. The monoisotopic (exact) mass is 495 g/mol. The molecule has 6 heteroatoms. The van der Waals surface area contributed by atoms with Crippen LogP contribution in [0.25, 0.3) is 5.69 Å². The highest BCUT2D eigenvalue weighted by molar-refractivity contribution is 6.04. The number of benzene rings is 3. The first-order valence-electron chi connectivity index (χ1n) is 12.8. The summed E-state index contributed by atoms with van der Waals surface area (Å²) in [7, 11) is 0. The minimum atomic E-state index is -0.281. The fourth-order valence-electron chi connectivity index (χ4n) is 4.75. The highest BCUT2D eigenvalue weighted by atomic mass is 16.5. The number of para-hydroxylation sites is 1. The number of β-amino-alcohol motifs (C(OH)–C–C–N with tert-alkyl or cyclic N) is 1. The van der Waals surface area contributed by atoms with Crippen molar-refractivity contribution >= 4 is 11.6 Å². The van der Waals surface area contributed by atoms with E-state index in [0.717, 1.165) is 47.6 Å². The summed E-state index contributed by atoms with van der Waals surface area (Å²) in [6.45, 7) is 6.37. The number of piperidine rings is 1. The molecule has 0 aliphatic carbocycles. The van der Waals surface area contributed by atoms with Gasteiger partial charge in [0.05, 0.1) is 6.10 Å². The first-order valence-corrected chi connectivity index (χ1v) is 12.8. The number of carbonyl (C=O) groups is 1. The van der Waals surface area contributed by atoms with Gasteiger partial charge in [0.15, 0.2) is 0 Å². The maximum atomic E-state index is 13.3. The SMILES string of the molecule is Cc1ccn(-c2cc(CN3CCC[C@H](O)C3)cc(NC(=O)c3ccc(C)c(Oc4ccccc4)c3)c2)c1. The third-order valence-electron chi connectivity index (χ3n) is 6.68. The summed E-state index contributed by atoms with van der Waals surface area (Å²) >= 11 is 0. The van der Waals surface area contributed by atoms with E-state index >= 15 is 0 Å². The Kier molecular flexibility index (Phi) is 7.40. The number of aryl methyl sites for hydroxylation is 2. The number of likely N-dealkylation sites (tertiary alicyclic amines) is 1. The average molecular weight is 496 g/mol. The first kappa shape index (κ1) is 24.8. The number of aliphatic hydroxyl groups excluding tert-OH is 1. The van der Waals surface area contributed by atoms with E-state index in [0.29, 0.717) is 24.4 Å². The van der Waals surface area contributed by atoms with Crippen molar-refractivity contribution in [1.82, 2.24) is 9.47 Å². The predicted molar refractivity (Wildman–Crippen MR) is 147 cm³/mol. The number of hydrogen-bond acceptors (Lipinski definition) is 4. The Hall–Kier alpha value is -3.87. The summed E-state index contributed by atoms with van der Waals surface area (Å²) in [4.78, 5) is 15.6. The molecule has 5 rings (SSSR count). The van der Waals surface area contributed by atoms with Crippen molar-refractivity contribution in [2.24, 2.45) is 0 Å². The summed E-state index contributed by atoms with van der Waals surface area (Å²) < 4.78 is 8.10. The van der Waals surface area contributed by atoms with Crippen LogP contribution in [0.2, 0.25) is 0 Å². The zero-order valence-electron chi connectivity index (χ0n) is 21.4. The molecule has 1 amide bonds. The molecule has 0 saturated carbocycles. The van der Waals surface area contributed by atoms with E-state index in [1.165, 1.54) is 5.56 Å². The first-order chi connectivity index (χ1) is 17.9. The third kappa shape index (κ3) is 6.28. The van der Waals surface area contributed by atoms with Crippen LogP contribution >= 0.6 is 0 Å². The maximum absolute atomic E-state index is 13.3. The van der Waals surface area contributed by atoms with Gasteiger partial charge < -0.3 is 19.7 Å². The van der Waals surface area contributed by atoms with Crippen LogP contribution in [0.4, 0.5) is 5.69 Å². The van der Waals surface area contributed by atoms with Crippen LogP contribution in [0, 0.1) is 13.8 Å². The lowest BCUT2D eigenvalue weighted by molar-refractivity contribution is 0.0668. The molecule has 2 heterocycles. The van der Waals surface area contributed by atoms with Gasteiger partial charge in [-0.1, -0.05) is 24.3 Å². The fraction of sp³-hybridized carbons (Fsp3) is 0.258. The second-order valence-corrected chi connectivity index (χ2v) is 9.86. The molecule has 1 aliphatic heterocycles. The van der Waals surface area contributed by atoms with Crippen LogP contribution in [0.3, 0.4) is 0 Å². The molecule has 0 bridgehead atoms.